The zero-order chi connectivity index (χ0) is 10.8. The smallest absolute Gasteiger partial charge is 0.257 e. The number of carbonyl (C=O) groups is 1. The fourth-order valence-corrected chi connectivity index (χ4v) is 2.27. The van der Waals surface area contributed by atoms with Crippen molar-refractivity contribution >= 4 is 5.91 Å². The van der Waals surface area contributed by atoms with Crippen molar-refractivity contribution in [3.05, 3.63) is 18.0 Å². The van der Waals surface area contributed by atoms with Gasteiger partial charge in [0.1, 0.15) is 0 Å². The van der Waals surface area contributed by atoms with E-state index in [0.29, 0.717) is 17.5 Å². The van der Waals surface area contributed by atoms with Gasteiger partial charge in [0.2, 0.25) is 0 Å². The van der Waals surface area contributed by atoms with E-state index in [0.717, 1.165) is 19.4 Å². The molecule has 1 fully saturated rings. The first-order valence-electron chi connectivity index (χ1n) is 5.50. The molecule has 15 heavy (non-hydrogen) atoms. The molecule has 2 rings (SSSR count). The Morgan fingerprint density at radius 1 is 1.67 bits per heavy atom. The lowest BCUT2D eigenvalue weighted by Gasteiger charge is -2.27. The molecule has 0 spiro atoms. The molecule has 4 heteroatoms. The number of carbonyl (C=O) groups excluding carboxylic acids is 1. The highest BCUT2D eigenvalue weighted by molar-refractivity contribution is 5.94. The van der Waals surface area contributed by atoms with Crippen molar-refractivity contribution in [1.82, 2.24) is 15.1 Å². The summed E-state index contributed by atoms with van der Waals surface area (Å²) in [5, 5.41) is 6.49. The summed E-state index contributed by atoms with van der Waals surface area (Å²) in [5.74, 6) is 0.642. The van der Waals surface area contributed by atoms with Gasteiger partial charge in [0.15, 0.2) is 0 Å². The Labute approximate surface area is 89.7 Å². The fraction of sp³-hybridized carbons (Fsp3) is 0.636. The Kier molecular flexibility index (Phi) is 2.75. The maximum atomic E-state index is 12.1. The van der Waals surface area contributed by atoms with Crippen molar-refractivity contribution < 1.29 is 4.79 Å². The monoisotopic (exact) mass is 207 g/mol. The van der Waals surface area contributed by atoms with Crippen LogP contribution in [0.15, 0.2) is 12.4 Å². The lowest BCUT2D eigenvalue weighted by molar-refractivity contribution is 0.0701. The number of nitrogens with one attached hydrogen (secondary N) is 1. The summed E-state index contributed by atoms with van der Waals surface area (Å²) < 4.78 is 0. The zero-order valence-corrected chi connectivity index (χ0v) is 9.23. The third-order valence-corrected chi connectivity index (χ3v) is 3.07. The molecule has 1 N–H and O–H groups in total. The average Bonchev–Trinajstić information content (AvgIpc) is 2.88. The number of rotatable bonds is 2. The molecule has 1 aliphatic rings. The molecular weight excluding hydrogens is 190 g/mol. The second-order valence-corrected chi connectivity index (χ2v) is 4.44. The minimum absolute atomic E-state index is 0.111. The lowest BCUT2D eigenvalue weighted by Crippen LogP contribution is -2.38. The topological polar surface area (TPSA) is 49.0 Å². The normalized spacial score (nSPS) is 21.3. The number of aromatic amines is 1. The molecule has 1 aromatic heterocycles. The molecule has 0 radical (unpaired) electrons. The molecular formula is C11H17N3O. The van der Waals surface area contributed by atoms with Gasteiger partial charge in [-0.3, -0.25) is 9.89 Å². The van der Waals surface area contributed by atoms with Crippen LogP contribution in [0.2, 0.25) is 0 Å². The summed E-state index contributed by atoms with van der Waals surface area (Å²) in [6.07, 6.45) is 5.50. The quantitative estimate of drug-likeness (QED) is 0.802. The van der Waals surface area contributed by atoms with Crippen molar-refractivity contribution in [3.63, 3.8) is 0 Å². The number of nitrogens with zero attached hydrogens (tertiary/aromatic N) is 2. The van der Waals surface area contributed by atoms with E-state index in [-0.39, 0.29) is 5.91 Å². The van der Waals surface area contributed by atoms with E-state index in [9.17, 15) is 4.79 Å². The number of aromatic nitrogens is 2. The first-order chi connectivity index (χ1) is 7.20. The lowest BCUT2D eigenvalue weighted by atomic mass is 10.0. The van der Waals surface area contributed by atoms with Gasteiger partial charge in [0, 0.05) is 18.8 Å². The molecule has 1 amide bonds. The Balaban J connectivity index is 2.13. The van der Waals surface area contributed by atoms with Crippen LogP contribution >= 0.6 is 0 Å². The van der Waals surface area contributed by atoms with E-state index in [4.69, 9.17) is 0 Å². The maximum absolute atomic E-state index is 12.1. The molecule has 2 heterocycles. The van der Waals surface area contributed by atoms with Crippen LogP contribution in [0, 0.1) is 5.92 Å². The number of likely N-dealkylation sites (tertiary alicyclic amines) is 1. The van der Waals surface area contributed by atoms with E-state index >= 15 is 0 Å². The van der Waals surface area contributed by atoms with E-state index < -0.39 is 0 Å². The predicted octanol–water partition coefficient (Wildman–Crippen LogP) is 1.67. The summed E-state index contributed by atoms with van der Waals surface area (Å²) in [4.78, 5) is 14.1. The molecule has 0 aliphatic carbocycles. The van der Waals surface area contributed by atoms with Gasteiger partial charge in [-0.15, -0.1) is 0 Å². The molecule has 1 saturated heterocycles. The summed E-state index contributed by atoms with van der Waals surface area (Å²) >= 11 is 0. The molecule has 1 unspecified atom stereocenters. The standard InChI is InChI=1S/C11H17N3O/c1-8(2)10-4-3-5-14(10)11(15)9-6-12-13-7-9/h6-8,10H,3-5H2,1-2H3,(H,12,13). The van der Waals surface area contributed by atoms with Gasteiger partial charge in [-0.25, -0.2) is 0 Å². The first-order valence-corrected chi connectivity index (χ1v) is 5.50. The van der Waals surface area contributed by atoms with Gasteiger partial charge in [-0.05, 0) is 18.8 Å². The van der Waals surface area contributed by atoms with Crippen LogP contribution in [0.4, 0.5) is 0 Å². The Morgan fingerprint density at radius 3 is 3.07 bits per heavy atom. The SMILES string of the molecule is CC(C)C1CCCN1C(=O)c1cn[nH]c1. The number of hydrogen-bond acceptors (Lipinski definition) is 2. The van der Waals surface area contributed by atoms with Gasteiger partial charge >= 0.3 is 0 Å². The first kappa shape index (κ1) is 10.2. The van der Waals surface area contributed by atoms with Crippen LogP contribution in [-0.2, 0) is 0 Å². The second kappa shape index (κ2) is 4.04. The highest BCUT2D eigenvalue weighted by atomic mass is 16.2. The average molecular weight is 207 g/mol. The van der Waals surface area contributed by atoms with Crippen molar-refractivity contribution in [2.24, 2.45) is 5.92 Å². The Bertz CT molecular complexity index is 332. The fourth-order valence-electron chi connectivity index (χ4n) is 2.27. The third kappa shape index (κ3) is 1.89. The minimum atomic E-state index is 0.111. The Hall–Kier alpha value is -1.32. The predicted molar refractivity (Wildman–Crippen MR) is 57.5 cm³/mol. The van der Waals surface area contributed by atoms with Gasteiger partial charge in [-0.2, -0.15) is 5.10 Å². The molecule has 1 aliphatic heterocycles. The maximum Gasteiger partial charge on any atom is 0.257 e. The highest BCUT2D eigenvalue weighted by Gasteiger charge is 2.31. The molecule has 0 bridgehead atoms. The molecule has 0 aromatic carbocycles. The van der Waals surface area contributed by atoms with Crippen molar-refractivity contribution in [3.8, 4) is 0 Å². The van der Waals surface area contributed by atoms with E-state index in [1.807, 2.05) is 4.90 Å². The zero-order valence-electron chi connectivity index (χ0n) is 9.23. The molecule has 0 saturated carbocycles. The summed E-state index contributed by atoms with van der Waals surface area (Å²) in [6, 6.07) is 0.396. The van der Waals surface area contributed by atoms with Crippen molar-refractivity contribution in [1.29, 1.82) is 0 Å². The van der Waals surface area contributed by atoms with Crippen LogP contribution < -0.4 is 0 Å². The van der Waals surface area contributed by atoms with Crippen LogP contribution in [0.3, 0.4) is 0 Å². The molecule has 1 aromatic rings. The number of H-pyrrole nitrogens is 1. The molecule has 82 valence electrons. The summed E-state index contributed by atoms with van der Waals surface area (Å²) in [6.45, 7) is 5.23. The third-order valence-electron chi connectivity index (χ3n) is 3.07. The summed E-state index contributed by atoms with van der Waals surface area (Å²) in [7, 11) is 0. The van der Waals surface area contributed by atoms with E-state index in [1.54, 1.807) is 12.4 Å². The number of hydrogen-bond donors (Lipinski definition) is 1. The molecule has 1 atom stereocenters. The van der Waals surface area contributed by atoms with Crippen molar-refractivity contribution in [2.75, 3.05) is 6.54 Å². The number of amides is 1. The van der Waals surface area contributed by atoms with Crippen molar-refractivity contribution in [2.45, 2.75) is 32.7 Å². The highest BCUT2D eigenvalue weighted by Crippen LogP contribution is 2.25. The largest absolute Gasteiger partial charge is 0.335 e. The van der Waals surface area contributed by atoms with Gasteiger partial charge < -0.3 is 4.90 Å². The van der Waals surface area contributed by atoms with Crippen LogP contribution in [0.25, 0.3) is 0 Å². The van der Waals surface area contributed by atoms with Crippen LogP contribution in [-0.4, -0.2) is 33.6 Å². The minimum Gasteiger partial charge on any atom is -0.335 e. The molecule has 4 nitrogen and oxygen atoms in total. The van der Waals surface area contributed by atoms with Crippen LogP contribution in [0.5, 0.6) is 0 Å². The van der Waals surface area contributed by atoms with Gasteiger partial charge in [-0.1, -0.05) is 13.8 Å². The van der Waals surface area contributed by atoms with Gasteiger partial charge in [0.05, 0.1) is 11.8 Å². The van der Waals surface area contributed by atoms with E-state index in [2.05, 4.69) is 24.0 Å². The van der Waals surface area contributed by atoms with E-state index in [1.165, 1.54) is 0 Å². The van der Waals surface area contributed by atoms with Crippen LogP contribution in [0.1, 0.15) is 37.0 Å². The van der Waals surface area contributed by atoms with Gasteiger partial charge in [0.25, 0.3) is 5.91 Å². The Morgan fingerprint density at radius 2 is 2.47 bits per heavy atom. The second-order valence-electron chi connectivity index (χ2n) is 4.44. The summed E-state index contributed by atoms with van der Waals surface area (Å²) in [5.41, 5.74) is 0.669.